The molecule has 22 heavy (non-hydrogen) atoms. The molecule has 1 unspecified atom stereocenters. The van der Waals surface area contributed by atoms with E-state index >= 15 is 0 Å². The van der Waals surface area contributed by atoms with Crippen LogP contribution in [0.15, 0.2) is 29.3 Å². The summed E-state index contributed by atoms with van der Waals surface area (Å²) in [5.74, 6) is -0.00268. The van der Waals surface area contributed by atoms with E-state index in [9.17, 15) is 4.79 Å². The highest BCUT2D eigenvalue weighted by molar-refractivity contribution is 8.00. The van der Waals surface area contributed by atoms with E-state index in [-0.39, 0.29) is 11.2 Å². The van der Waals surface area contributed by atoms with Gasteiger partial charge in [0, 0.05) is 6.54 Å². The average Bonchev–Trinajstić information content (AvgIpc) is 3.22. The van der Waals surface area contributed by atoms with Gasteiger partial charge in [0.15, 0.2) is 0 Å². The van der Waals surface area contributed by atoms with Gasteiger partial charge in [0.05, 0.1) is 17.4 Å². The minimum atomic E-state index is -0.233. The van der Waals surface area contributed by atoms with Crippen LogP contribution < -0.4 is 4.90 Å². The molecule has 1 aliphatic heterocycles. The highest BCUT2D eigenvalue weighted by Crippen LogP contribution is 2.35. The fourth-order valence-corrected chi connectivity index (χ4v) is 4.11. The second-order valence-corrected chi connectivity index (χ2v) is 6.63. The van der Waals surface area contributed by atoms with Crippen molar-refractivity contribution in [1.82, 2.24) is 20.2 Å². The predicted octanol–water partition coefficient (Wildman–Crippen LogP) is 1.69. The molecule has 0 spiro atoms. The summed E-state index contributed by atoms with van der Waals surface area (Å²) in [4.78, 5) is 14.3. The summed E-state index contributed by atoms with van der Waals surface area (Å²) >= 11 is 2.77. The Balaban J connectivity index is 1.75. The van der Waals surface area contributed by atoms with Crippen molar-refractivity contribution in [2.24, 2.45) is 0 Å². The van der Waals surface area contributed by atoms with E-state index in [0.29, 0.717) is 30.2 Å². The SMILES string of the molecule is C=CCn1nnnc1SC1CCN(c2sccc2C#N)C1=O. The molecule has 1 fully saturated rings. The van der Waals surface area contributed by atoms with Gasteiger partial charge in [0.2, 0.25) is 11.1 Å². The molecule has 1 saturated heterocycles. The van der Waals surface area contributed by atoms with Gasteiger partial charge in [0.1, 0.15) is 11.1 Å². The van der Waals surface area contributed by atoms with E-state index in [2.05, 4.69) is 28.2 Å². The number of aromatic nitrogens is 4. The van der Waals surface area contributed by atoms with Crippen molar-refractivity contribution in [3.05, 3.63) is 29.7 Å². The molecule has 9 heteroatoms. The molecule has 3 rings (SSSR count). The quantitative estimate of drug-likeness (QED) is 0.774. The molecule has 3 heterocycles. The zero-order valence-corrected chi connectivity index (χ0v) is 13.2. The van der Waals surface area contributed by atoms with Crippen LogP contribution in [-0.2, 0) is 11.3 Å². The second-order valence-electron chi connectivity index (χ2n) is 4.57. The van der Waals surface area contributed by atoms with E-state index < -0.39 is 0 Å². The molecule has 0 saturated carbocycles. The molecule has 2 aromatic heterocycles. The monoisotopic (exact) mass is 332 g/mol. The number of thiophene rings is 1. The Morgan fingerprint density at radius 1 is 1.64 bits per heavy atom. The molecule has 0 N–H and O–H groups in total. The van der Waals surface area contributed by atoms with Gasteiger partial charge in [0.25, 0.3) is 0 Å². The van der Waals surface area contributed by atoms with Crippen molar-refractivity contribution in [3.8, 4) is 6.07 Å². The molecule has 0 bridgehead atoms. The fourth-order valence-electron chi connectivity index (χ4n) is 2.21. The van der Waals surface area contributed by atoms with Gasteiger partial charge in [-0.05, 0) is 28.3 Å². The molecular formula is C13H12N6OS2. The number of amides is 1. The van der Waals surface area contributed by atoms with Crippen molar-refractivity contribution in [3.63, 3.8) is 0 Å². The van der Waals surface area contributed by atoms with Crippen LogP contribution in [0.25, 0.3) is 0 Å². The van der Waals surface area contributed by atoms with E-state index in [0.717, 1.165) is 5.00 Å². The summed E-state index contributed by atoms with van der Waals surface area (Å²) in [7, 11) is 0. The molecule has 1 aliphatic rings. The average molecular weight is 332 g/mol. The number of carbonyl (C=O) groups excluding carboxylic acids is 1. The van der Waals surface area contributed by atoms with Crippen LogP contribution in [0.3, 0.4) is 0 Å². The lowest BCUT2D eigenvalue weighted by Gasteiger charge is -2.14. The number of anilines is 1. The van der Waals surface area contributed by atoms with E-state index in [1.54, 1.807) is 21.7 Å². The lowest BCUT2D eigenvalue weighted by Crippen LogP contribution is -2.28. The van der Waals surface area contributed by atoms with Gasteiger partial charge in [-0.3, -0.25) is 4.79 Å². The molecule has 0 aromatic carbocycles. The zero-order valence-electron chi connectivity index (χ0n) is 11.5. The Morgan fingerprint density at radius 2 is 2.50 bits per heavy atom. The first-order valence-electron chi connectivity index (χ1n) is 6.57. The minimum absolute atomic E-state index is 0.00268. The molecule has 0 aliphatic carbocycles. The van der Waals surface area contributed by atoms with Crippen molar-refractivity contribution < 1.29 is 4.79 Å². The maximum atomic E-state index is 12.6. The number of tetrazole rings is 1. The van der Waals surface area contributed by atoms with Gasteiger partial charge in [-0.25, -0.2) is 4.68 Å². The first kappa shape index (κ1) is 14.7. The van der Waals surface area contributed by atoms with Crippen molar-refractivity contribution in [2.45, 2.75) is 23.4 Å². The molecule has 1 amide bonds. The summed E-state index contributed by atoms with van der Waals surface area (Å²) in [6.07, 6.45) is 2.40. The summed E-state index contributed by atoms with van der Waals surface area (Å²) in [6, 6.07) is 3.86. The van der Waals surface area contributed by atoms with E-state index in [4.69, 9.17) is 5.26 Å². The first-order chi connectivity index (χ1) is 10.7. The Morgan fingerprint density at radius 3 is 3.27 bits per heavy atom. The van der Waals surface area contributed by atoms with Crippen LogP contribution in [0.4, 0.5) is 5.00 Å². The van der Waals surface area contributed by atoms with Gasteiger partial charge in [-0.15, -0.1) is 23.0 Å². The Kier molecular flexibility index (Phi) is 4.22. The minimum Gasteiger partial charge on any atom is -0.302 e. The highest BCUT2D eigenvalue weighted by Gasteiger charge is 2.36. The third-order valence-electron chi connectivity index (χ3n) is 3.22. The third-order valence-corrected chi connectivity index (χ3v) is 5.38. The number of thioether (sulfide) groups is 1. The Labute approximate surface area is 135 Å². The zero-order chi connectivity index (χ0) is 15.5. The van der Waals surface area contributed by atoms with E-state index in [1.165, 1.54) is 23.1 Å². The van der Waals surface area contributed by atoms with Crippen LogP contribution >= 0.6 is 23.1 Å². The van der Waals surface area contributed by atoms with Crippen molar-refractivity contribution >= 4 is 34.0 Å². The number of hydrogen-bond acceptors (Lipinski definition) is 7. The lowest BCUT2D eigenvalue weighted by molar-refractivity contribution is -0.116. The standard InChI is InChI=1S/C13H12N6OS2/c1-2-5-19-13(15-16-17-19)22-10-3-6-18(11(10)20)12-9(8-14)4-7-21-12/h2,4,7,10H,1,3,5-6H2. The summed E-state index contributed by atoms with van der Waals surface area (Å²) in [5, 5.41) is 23.5. The molecule has 2 aromatic rings. The number of allylic oxidation sites excluding steroid dienone is 1. The number of carbonyl (C=O) groups is 1. The fraction of sp³-hybridized carbons (Fsp3) is 0.308. The number of hydrogen-bond donors (Lipinski definition) is 0. The van der Waals surface area contributed by atoms with Crippen LogP contribution in [0.5, 0.6) is 0 Å². The Hall–Kier alpha value is -2.18. The first-order valence-corrected chi connectivity index (χ1v) is 8.33. The van der Waals surface area contributed by atoms with Crippen LogP contribution in [-0.4, -0.2) is 37.9 Å². The third kappa shape index (κ3) is 2.63. The maximum absolute atomic E-state index is 12.6. The summed E-state index contributed by atoms with van der Waals surface area (Å²) in [5.41, 5.74) is 0.542. The molecule has 112 valence electrons. The van der Waals surface area contributed by atoms with Gasteiger partial charge in [-0.1, -0.05) is 17.8 Å². The topological polar surface area (TPSA) is 87.7 Å². The van der Waals surface area contributed by atoms with E-state index in [1.807, 2.05) is 5.38 Å². The maximum Gasteiger partial charge on any atom is 0.241 e. The largest absolute Gasteiger partial charge is 0.302 e. The number of nitriles is 1. The van der Waals surface area contributed by atoms with Crippen molar-refractivity contribution in [2.75, 3.05) is 11.4 Å². The van der Waals surface area contributed by atoms with Gasteiger partial charge >= 0.3 is 0 Å². The molecule has 1 atom stereocenters. The van der Waals surface area contributed by atoms with Crippen LogP contribution in [0, 0.1) is 11.3 Å². The lowest BCUT2D eigenvalue weighted by atomic mass is 10.3. The Bertz CT molecular complexity index is 746. The second kappa shape index (κ2) is 6.29. The number of nitrogens with zero attached hydrogens (tertiary/aromatic N) is 6. The molecule has 0 radical (unpaired) electrons. The summed E-state index contributed by atoms with van der Waals surface area (Å²) < 4.78 is 1.61. The highest BCUT2D eigenvalue weighted by atomic mass is 32.2. The molecular weight excluding hydrogens is 320 g/mol. The smallest absolute Gasteiger partial charge is 0.241 e. The van der Waals surface area contributed by atoms with Gasteiger partial charge in [-0.2, -0.15) is 5.26 Å². The molecule has 7 nitrogen and oxygen atoms in total. The predicted molar refractivity (Wildman–Crippen MR) is 83.7 cm³/mol. The van der Waals surface area contributed by atoms with Crippen LogP contribution in [0.1, 0.15) is 12.0 Å². The normalized spacial score (nSPS) is 17.7. The number of rotatable bonds is 5. The van der Waals surface area contributed by atoms with Gasteiger partial charge < -0.3 is 4.90 Å². The van der Waals surface area contributed by atoms with Crippen LogP contribution in [0.2, 0.25) is 0 Å². The van der Waals surface area contributed by atoms with Crippen molar-refractivity contribution in [1.29, 1.82) is 5.26 Å². The summed E-state index contributed by atoms with van der Waals surface area (Å²) in [6.45, 7) is 4.77.